The largest absolute Gasteiger partial charge is 0.497 e. The van der Waals surface area contributed by atoms with E-state index in [1.54, 1.807) is 92.0 Å². The van der Waals surface area contributed by atoms with Crippen LogP contribution in [-0.2, 0) is 19.7 Å². The maximum atomic E-state index is 13.4. The molecule has 1 aliphatic carbocycles. The van der Waals surface area contributed by atoms with E-state index in [9.17, 15) is 16.8 Å². The maximum Gasteiger partial charge on any atom is 0.206 e. The van der Waals surface area contributed by atoms with Crippen LogP contribution in [0.3, 0.4) is 0 Å². The first-order valence-electron chi connectivity index (χ1n) is 14.9. The van der Waals surface area contributed by atoms with Crippen molar-refractivity contribution in [2.45, 2.75) is 32.9 Å². The van der Waals surface area contributed by atoms with Gasteiger partial charge in [-0.05, 0) is 108 Å². The Kier molecular flexibility index (Phi) is 8.98. The fourth-order valence-electron chi connectivity index (χ4n) is 5.14. The summed E-state index contributed by atoms with van der Waals surface area (Å²) in [4.78, 5) is 0.736. The standard InChI is InChI=1S/C39H32O6S2/c1-28-6-20-36(21-7-28)46(40,41)37-22-11-31(12-23-37)32-13-24-38(25-14-32)47(42,43)39-26-18-35(19-27-39)45-34-5-3-4-29(10-17-34)30-8-15-33(44-2)16-9-30/h3-4,6-27H,5H2,1-2H3. The van der Waals surface area contributed by atoms with Gasteiger partial charge in [-0.2, -0.15) is 0 Å². The summed E-state index contributed by atoms with van der Waals surface area (Å²) in [7, 11) is -5.78. The summed E-state index contributed by atoms with van der Waals surface area (Å²) < 4.78 is 64.1. The quantitative estimate of drug-likeness (QED) is 0.157. The molecule has 0 bridgehead atoms. The average molecular weight is 661 g/mol. The van der Waals surface area contributed by atoms with E-state index in [1.165, 1.54) is 12.1 Å². The van der Waals surface area contributed by atoms with E-state index in [2.05, 4.69) is 0 Å². The van der Waals surface area contributed by atoms with Crippen LogP contribution in [0.1, 0.15) is 17.5 Å². The van der Waals surface area contributed by atoms with Crippen LogP contribution in [0, 0.1) is 6.92 Å². The van der Waals surface area contributed by atoms with Crippen LogP contribution in [0.15, 0.2) is 171 Å². The summed E-state index contributed by atoms with van der Waals surface area (Å²) in [6, 6.07) is 34.1. The normalized spacial score (nSPS) is 13.3. The molecule has 0 fully saturated rings. The minimum atomic E-state index is -3.78. The van der Waals surface area contributed by atoms with Gasteiger partial charge in [0.25, 0.3) is 0 Å². The van der Waals surface area contributed by atoms with Gasteiger partial charge in [-0.3, -0.25) is 0 Å². The summed E-state index contributed by atoms with van der Waals surface area (Å²) in [5.41, 5.74) is 4.62. The van der Waals surface area contributed by atoms with Crippen molar-refractivity contribution in [3.63, 3.8) is 0 Å². The molecule has 0 heterocycles. The molecule has 0 aromatic heterocycles. The molecule has 1 aliphatic rings. The Morgan fingerprint density at radius 3 is 1.43 bits per heavy atom. The van der Waals surface area contributed by atoms with E-state index >= 15 is 0 Å². The Bertz CT molecular complexity index is 2190. The maximum absolute atomic E-state index is 13.4. The van der Waals surface area contributed by atoms with E-state index in [0.717, 1.165) is 39.3 Å². The Hall–Kier alpha value is -5.18. The highest BCUT2D eigenvalue weighted by molar-refractivity contribution is 7.91. The number of sulfone groups is 2. The molecule has 0 spiro atoms. The lowest BCUT2D eigenvalue weighted by atomic mass is 10.1. The lowest BCUT2D eigenvalue weighted by molar-refractivity contribution is 0.414. The molecule has 0 atom stereocenters. The summed E-state index contributed by atoms with van der Waals surface area (Å²) in [6.07, 6.45) is 8.57. The second-order valence-electron chi connectivity index (χ2n) is 11.0. The van der Waals surface area contributed by atoms with Crippen LogP contribution in [0.2, 0.25) is 0 Å². The lowest BCUT2D eigenvalue weighted by Gasteiger charge is -2.10. The molecule has 236 valence electrons. The molecule has 6 nitrogen and oxygen atoms in total. The van der Waals surface area contributed by atoms with Gasteiger partial charge < -0.3 is 9.47 Å². The fraction of sp³-hybridized carbons (Fsp3) is 0.0769. The molecule has 6 rings (SSSR count). The first kappa shape index (κ1) is 31.8. The molecular formula is C39H32O6S2. The summed E-state index contributed by atoms with van der Waals surface area (Å²) in [5.74, 6) is 2.07. The molecule has 0 unspecified atom stereocenters. The molecule has 47 heavy (non-hydrogen) atoms. The van der Waals surface area contributed by atoms with Gasteiger partial charge in [-0.1, -0.05) is 72.3 Å². The van der Waals surface area contributed by atoms with Gasteiger partial charge in [0, 0.05) is 6.42 Å². The van der Waals surface area contributed by atoms with Gasteiger partial charge in [-0.25, -0.2) is 16.8 Å². The van der Waals surface area contributed by atoms with Crippen LogP contribution in [0.4, 0.5) is 0 Å². The van der Waals surface area contributed by atoms with Crippen molar-refractivity contribution in [3.05, 3.63) is 163 Å². The molecular weight excluding hydrogens is 629 g/mol. The van der Waals surface area contributed by atoms with Crippen LogP contribution in [0.5, 0.6) is 11.5 Å². The van der Waals surface area contributed by atoms with Crippen molar-refractivity contribution in [2.24, 2.45) is 0 Å². The number of rotatable bonds is 9. The predicted octanol–water partition coefficient (Wildman–Crippen LogP) is 8.64. The number of aryl methyl sites for hydroxylation is 1. The first-order valence-corrected chi connectivity index (χ1v) is 17.9. The third-order valence-corrected chi connectivity index (χ3v) is 11.4. The van der Waals surface area contributed by atoms with E-state index in [-0.39, 0.29) is 19.6 Å². The highest BCUT2D eigenvalue weighted by Crippen LogP contribution is 2.30. The van der Waals surface area contributed by atoms with Crippen molar-refractivity contribution in [3.8, 4) is 22.6 Å². The zero-order chi connectivity index (χ0) is 33.0. The molecule has 0 saturated heterocycles. The van der Waals surface area contributed by atoms with Crippen molar-refractivity contribution in [1.29, 1.82) is 0 Å². The highest BCUT2D eigenvalue weighted by Gasteiger charge is 2.19. The molecule has 0 radical (unpaired) electrons. The smallest absolute Gasteiger partial charge is 0.206 e. The number of allylic oxidation sites excluding steroid dienone is 5. The van der Waals surface area contributed by atoms with Crippen LogP contribution in [0.25, 0.3) is 16.7 Å². The molecule has 5 aromatic carbocycles. The Morgan fingerprint density at radius 2 is 0.936 bits per heavy atom. The van der Waals surface area contributed by atoms with E-state index in [1.807, 2.05) is 55.5 Å². The number of hydrogen-bond donors (Lipinski definition) is 0. The molecule has 0 saturated carbocycles. The van der Waals surface area contributed by atoms with Crippen molar-refractivity contribution in [2.75, 3.05) is 7.11 Å². The molecule has 0 N–H and O–H groups in total. The van der Waals surface area contributed by atoms with Gasteiger partial charge in [0.2, 0.25) is 19.7 Å². The minimum Gasteiger partial charge on any atom is -0.497 e. The van der Waals surface area contributed by atoms with E-state index in [4.69, 9.17) is 9.47 Å². The Balaban J connectivity index is 1.13. The van der Waals surface area contributed by atoms with Crippen molar-refractivity contribution >= 4 is 25.2 Å². The van der Waals surface area contributed by atoms with Crippen molar-refractivity contribution in [1.82, 2.24) is 0 Å². The third kappa shape index (κ3) is 6.99. The number of benzene rings is 5. The number of hydrogen-bond acceptors (Lipinski definition) is 6. The minimum absolute atomic E-state index is 0.152. The number of methoxy groups -OCH3 is 1. The van der Waals surface area contributed by atoms with Gasteiger partial charge >= 0.3 is 0 Å². The van der Waals surface area contributed by atoms with Crippen LogP contribution in [-0.4, -0.2) is 23.9 Å². The topological polar surface area (TPSA) is 86.7 Å². The monoisotopic (exact) mass is 660 g/mol. The average Bonchev–Trinajstić information content (AvgIpc) is 3.34. The second kappa shape index (κ2) is 13.3. The first-order chi connectivity index (χ1) is 22.6. The molecule has 0 aliphatic heterocycles. The van der Waals surface area contributed by atoms with Crippen molar-refractivity contribution < 1.29 is 26.3 Å². The van der Waals surface area contributed by atoms with Gasteiger partial charge in [0.05, 0.1) is 26.7 Å². The molecule has 8 heteroatoms. The second-order valence-corrected chi connectivity index (χ2v) is 14.9. The predicted molar refractivity (Wildman–Crippen MR) is 184 cm³/mol. The summed E-state index contributed by atoms with van der Waals surface area (Å²) in [6.45, 7) is 1.90. The van der Waals surface area contributed by atoms with Gasteiger partial charge in [0.1, 0.15) is 17.3 Å². The summed E-state index contributed by atoms with van der Waals surface area (Å²) >= 11 is 0. The summed E-state index contributed by atoms with van der Waals surface area (Å²) in [5, 5.41) is 0. The van der Waals surface area contributed by atoms with Gasteiger partial charge in [0.15, 0.2) is 0 Å². The SMILES string of the molecule is COc1ccc(C2=CC=C(Oc3ccc(S(=O)(=O)c4ccc(-c5ccc(S(=O)(=O)c6ccc(C)cc6)cc5)cc4)cc3)CC=C2)cc1. The van der Waals surface area contributed by atoms with E-state index < -0.39 is 19.7 Å². The van der Waals surface area contributed by atoms with E-state index in [0.29, 0.717) is 12.2 Å². The zero-order valence-electron chi connectivity index (χ0n) is 25.8. The Labute approximate surface area is 275 Å². The van der Waals surface area contributed by atoms with Gasteiger partial charge in [-0.15, -0.1) is 0 Å². The fourth-order valence-corrected chi connectivity index (χ4v) is 7.66. The highest BCUT2D eigenvalue weighted by atomic mass is 32.2. The molecule has 0 amide bonds. The van der Waals surface area contributed by atoms with Crippen LogP contribution >= 0.6 is 0 Å². The lowest BCUT2D eigenvalue weighted by Crippen LogP contribution is -2.02. The Morgan fingerprint density at radius 1 is 0.511 bits per heavy atom. The molecule has 5 aromatic rings. The number of ether oxygens (including phenoxy) is 2. The van der Waals surface area contributed by atoms with Crippen LogP contribution < -0.4 is 9.47 Å². The third-order valence-electron chi connectivity index (χ3n) is 7.87. The zero-order valence-corrected chi connectivity index (χ0v) is 27.5.